The van der Waals surface area contributed by atoms with Gasteiger partial charge in [-0.05, 0) is 46.8 Å². The molecule has 0 radical (unpaired) electrons. The number of fused-ring (bicyclic) bond motifs is 1. The monoisotopic (exact) mass is 260 g/mol. The number of rotatable bonds is 1. The fourth-order valence-corrected chi connectivity index (χ4v) is 3.07. The molecule has 1 aliphatic rings. The van der Waals surface area contributed by atoms with Crippen molar-refractivity contribution in [2.24, 2.45) is 10.8 Å². The average molecular weight is 260 g/mol. The van der Waals surface area contributed by atoms with Crippen molar-refractivity contribution in [3.05, 3.63) is 29.3 Å². The van der Waals surface area contributed by atoms with Crippen molar-refractivity contribution in [2.75, 3.05) is 6.61 Å². The van der Waals surface area contributed by atoms with Crippen LogP contribution >= 0.6 is 0 Å². The Bertz CT molecular complexity index is 446. The molecule has 1 atom stereocenters. The molecule has 1 aromatic carbocycles. The highest BCUT2D eigenvalue weighted by Gasteiger charge is 2.31. The van der Waals surface area contributed by atoms with E-state index in [1.807, 2.05) is 0 Å². The minimum absolute atomic E-state index is 0.304. The number of ether oxygens (including phenoxy) is 1. The van der Waals surface area contributed by atoms with Gasteiger partial charge in [0, 0.05) is 0 Å². The first kappa shape index (κ1) is 14.4. The molecule has 1 heteroatoms. The van der Waals surface area contributed by atoms with Crippen molar-refractivity contribution < 1.29 is 4.74 Å². The molecule has 0 spiro atoms. The third-order valence-corrected chi connectivity index (χ3v) is 3.89. The number of benzene rings is 1. The molecule has 19 heavy (non-hydrogen) atoms. The van der Waals surface area contributed by atoms with Crippen LogP contribution < -0.4 is 4.74 Å². The van der Waals surface area contributed by atoms with Gasteiger partial charge >= 0.3 is 0 Å². The van der Waals surface area contributed by atoms with Gasteiger partial charge in [0.2, 0.25) is 0 Å². The zero-order valence-corrected chi connectivity index (χ0v) is 13.3. The molecule has 0 saturated heterocycles. The smallest absolute Gasteiger partial charge is 0.122 e. The van der Waals surface area contributed by atoms with Crippen molar-refractivity contribution in [3.63, 3.8) is 0 Å². The Balaban J connectivity index is 2.36. The average Bonchev–Trinajstić information content (AvgIpc) is 2.24. The zero-order valence-electron chi connectivity index (χ0n) is 13.3. The quantitative estimate of drug-likeness (QED) is 0.675. The fourth-order valence-electron chi connectivity index (χ4n) is 3.07. The van der Waals surface area contributed by atoms with E-state index >= 15 is 0 Å². The molecule has 0 aliphatic carbocycles. The first-order valence-electron chi connectivity index (χ1n) is 7.42. The van der Waals surface area contributed by atoms with E-state index in [-0.39, 0.29) is 0 Å². The van der Waals surface area contributed by atoms with Crippen LogP contribution in [-0.2, 0) is 6.42 Å². The van der Waals surface area contributed by atoms with Gasteiger partial charge in [-0.1, -0.05) is 53.7 Å². The van der Waals surface area contributed by atoms with Crippen molar-refractivity contribution in [1.29, 1.82) is 0 Å². The molecule has 1 heterocycles. The first-order valence-corrected chi connectivity index (χ1v) is 7.42. The summed E-state index contributed by atoms with van der Waals surface area (Å²) in [7, 11) is 0. The summed E-state index contributed by atoms with van der Waals surface area (Å²) in [6, 6.07) is 6.79. The van der Waals surface area contributed by atoms with Crippen molar-refractivity contribution in [3.8, 4) is 5.75 Å². The van der Waals surface area contributed by atoms with Gasteiger partial charge in [0.05, 0.1) is 6.61 Å². The SMILES string of the molecule is CC(C)(C)Cc1ccc2c(c1)C(C(C)(C)C)CCO2. The fraction of sp³-hybridized carbons (Fsp3) is 0.667. The Hall–Kier alpha value is -0.980. The van der Waals surface area contributed by atoms with Crippen LogP contribution in [0.15, 0.2) is 18.2 Å². The van der Waals surface area contributed by atoms with Crippen LogP contribution in [0.2, 0.25) is 0 Å². The number of hydrogen-bond donors (Lipinski definition) is 0. The third-order valence-electron chi connectivity index (χ3n) is 3.89. The van der Waals surface area contributed by atoms with Gasteiger partial charge in [-0.15, -0.1) is 0 Å². The Morgan fingerprint density at radius 3 is 2.37 bits per heavy atom. The largest absolute Gasteiger partial charge is 0.493 e. The molecule has 2 rings (SSSR count). The van der Waals surface area contributed by atoms with Crippen molar-refractivity contribution in [2.45, 2.75) is 60.3 Å². The molecular weight excluding hydrogens is 232 g/mol. The molecule has 0 amide bonds. The summed E-state index contributed by atoms with van der Waals surface area (Å²) in [6.07, 6.45) is 2.26. The molecule has 0 fully saturated rings. The summed E-state index contributed by atoms with van der Waals surface area (Å²) in [5.41, 5.74) is 3.49. The van der Waals surface area contributed by atoms with E-state index in [1.54, 1.807) is 0 Å². The van der Waals surface area contributed by atoms with Crippen LogP contribution in [0.4, 0.5) is 0 Å². The van der Waals surface area contributed by atoms with Gasteiger partial charge in [-0.3, -0.25) is 0 Å². The summed E-state index contributed by atoms with van der Waals surface area (Å²) in [5, 5.41) is 0. The van der Waals surface area contributed by atoms with E-state index in [9.17, 15) is 0 Å². The predicted octanol–water partition coefficient (Wildman–Crippen LogP) is 5.19. The van der Waals surface area contributed by atoms with Crippen LogP contribution in [0.25, 0.3) is 0 Å². The van der Waals surface area contributed by atoms with Crippen LogP contribution in [0, 0.1) is 10.8 Å². The van der Waals surface area contributed by atoms with Gasteiger partial charge < -0.3 is 4.74 Å². The van der Waals surface area contributed by atoms with Crippen LogP contribution in [0.5, 0.6) is 5.75 Å². The maximum atomic E-state index is 5.83. The minimum atomic E-state index is 0.304. The van der Waals surface area contributed by atoms with E-state index in [1.165, 1.54) is 11.1 Å². The Kier molecular flexibility index (Phi) is 3.68. The van der Waals surface area contributed by atoms with Crippen LogP contribution in [0.3, 0.4) is 0 Å². The van der Waals surface area contributed by atoms with Gasteiger partial charge in [-0.2, -0.15) is 0 Å². The lowest BCUT2D eigenvalue weighted by molar-refractivity contribution is 0.203. The Morgan fingerprint density at radius 2 is 1.79 bits per heavy atom. The lowest BCUT2D eigenvalue weighted by atomic mass is 9.73. The lowest BCUT2D eigenvalue weighted by Crippen LogP contribution is -2.25. The second-order valence-electron chi connectivity index (χ2n) is 8.17. The second-order valence-corrected chi connectivity index (χ2v) is 8.17. The molecule has 0 bridgehead atoms. The van der Waals surface area contributed by atoms with E-state index in [0.717, 1.165) is 25.2 Å². The molecule has 106 valence electrons. The van der Waals surface area contributed by atoms with E-state index in [2.05, 4.69) is 59.7 Å². The minimum Gasteiger partial charge on any atom is -0.493 e. The van der Waals surface area contributed by atoms with E-state index in [0.29, 0.717) is 16.7 Å². The standard InChI is InChI=1S/C18H28O/c1-17(2,3)12-13-7-8-16-14(11-13)15(9-10-19-16)18(4,5)6/h7-8,11,15H,9-10,12H2,1-6H3. The molecule has 0 N–H and O–H groups in total. The molecule has 1 aliphatic heterocycles. The van der Waals surface area contributed by atoms with E-state index in [4.69, 9.17) is 4.74 Å². The topological polar surface area (TPSA) is 9.23 Å². The summed E-state index contributed by atoms with van der Waals surface area (Å²) >= 11 is 0. The van der Waals surface area contributed by atoms with Gasteiger partial charge in [0.25, 0.3) is 0 Å². The van der Waals surface area contributed by atoms with Crippen molar-refractivity contribution >= 4 is 0 Å². The van der Waals surface area contributed by atoms with Gasteiger partial charge in [0.15, 0.2) is 0 Å². The normalized spacial score (nSPS) is 19.8. The maximum Gasteiger partial charge on any atom is 0.122 e. The van der Waals surface area contributed by atoms with Gasteiger partial charge in [0.1, 0.15) is 5.75 Å². The molecule has 0 saturated carbocycles. The third kappa shape index (κ3) is 3.52. The molecule has 0 aromatic heterocycles. The maximum absolute atomic E-state index is 5.83. The Morgan fingerprint density at radius 1 is 1.11 bits per heavy atom. The zero-order chi connectivity index (χ0) is 14.3. The van der Waals surface area contributed by atoms with Crippen LogP contribution in [0.1, 0.15) is 65.0 Å². The summed E-state index contributed by atoms with van der Waals surface area (Å²) in [5.74, 6) is 1.71. The van der Waals surface area contributed by atoms with E-state index < -0.39 is 0 Å². The second kappa shape index (κ2) is 4.85. The summed E-state index contributed by atoms with van der Waals surface area (Å²) < 4.78 is 5.83. The highest BCUT2D eigenvalue weighted by molar-refractivity contribution is 5.42. The molecule has 1 unspecified atom stereocenters. The molecule has 1 aromatic rings. The lowest BCUT2D eigenvalue weighted by Gasteiger charge is -2.36. The Labute approximate surface area is 118 Å². The van der Waals surface area contributed by atoms with Crippen LogP contribution in [-0.4, -0.2) is 6.61 Å². The van der Waals surface area contributed by atoms with Crippen molar-refractivity contribution in [1.82, 2.24) is 0 Å². The molecule has 1 nitrogen and oxygen atoms in total. The van der Waals surface area contributed by atoms with Gasteiger partial charge in [-0.25, -0.2) is 0 Å². The number of hydrogen-bond acceptors (Lipinski definition) is 1. The predicted molar refractivity (Wildman–Crippen MR) is 81.9 cm³/mol. The molecular formula is C18H28O. The first-order chi connectivity index (χ1) is 8.67. The highest BCUT2D eigenvalue weighted by atomic mass is 16.5. The highest BCUT2D eigenvalue weighted by Crippen LogP contribution is 2.44. The summed E-state index contributed by atoms with van der Waals surface area (Å²) in [4.78, 5) is 0. The summed E-state index contributed by atoms with van der Waals surface area (Å²) in [6.45, 7) is 14.8.